The monoisotopic (exact) mass is 238 g/mol. The molecular weight excluding hydrogens is 224 g/mol. The molecule has 0 bridgehead atoms. The first-order valence-corrected chi connectivity index (χ1v) is 6.65. The number of rotatable bonds is 3. The van der Waals surface area contributed by atoms with Crippen LogP contribution in [0.1, 0.15) is 29.7 Å². The molecule has 0 aliphatic heterocycles. The normalized spacial score (nSPS) is 11.2. The Morgan fingerprint density at radius 1 is 1.47 bits per heavy atom. The van der Waals surface area contributed by atoms with Crippen LogP contribution >= 0.6 is 22.7 Å². The molecule has 2 heterocycles. The molecule has 15 heavy (non-hydrogen) atoms. The molecule has 0 amide bonds. The van der Waals surface area contributed by atoms with Gasteiger partial charge >= 0.3 is 0 Å². The Labute approximate surface area is 97.8 Å². The van der Waals surface area contributed by atoms with Crippen molar-refractivity contribution in [3.8, 4) is 10.6 Å². The topological polar surface area (TPSA) is 38.9 Å². The fourth-order valence-electron chi connectivity index (χ4n) is 1.45. The molecule has 0 unspecified atom stereocenters. The number of thiophene rings is 1. The third-order valence-electron chi connectivity index (χ3n) is 2.15. The summed E-state index contributed by atoms with van der Waals surface area (Å²) in [5.41, 5.74) is 6.77. The van der Waals surface area contributed by atoms with Crippen LogP contribution in [0.4, 0.5) is 0 Å². The maximum Gasteiger partial charge on any atom is 0.107 e. The van der Waals surface area contributed by atoms with Gasteiger partial charge in [-0.15, -0.1) is 22.7 Å². The number of nitrogens with zero attached hydrogens (tertiary/aromatic N) is 1. The third kappa shape index (κ3) is 2.12. The van der Waals surface area contributed by atoms with Crippen LogP contribution in [0.3, 0.4) is 0 Å². The van der Waals surface area contributed by atoms with Crippen molar-refractivity contribution in [3.05, 3.63) is 27.4 Å². The van der Waals surface area contributed by atoms with Crippen molar-refractivity contribution < 1.29 is 0 Å². The van der Waals surface area contributed by atoms with Gasteiger partial charge in [-0.2, -0.15) is 0 Å². The second-order valence-electron chi connectivity index (χ2n) is 3.66. The lowest BCUT2D eigenvalue weighted by Gasteiger charge is -2.02. The van der Waals surface area contributed by atoms with Crippen molar-refractivity contribution in [3.63, 3.8) is 0 Å². The molecule has 0 aliphatic carbocycles. The van der Waals surface area contributed by atoms with Crippen molar-refractivity contribution in [1.82, 2.24) is 4.98 Å². The zero-order valence-corrected chi connectivity index (χ0v) is 10.5. The van der Waals surface area contributed by atoms with E-state index in [0.29, 0.717) is 12.5 Å². The maximum absolute atomic E-state index is 5.64. The highest BCUT2D eigenvalue weighted by Gasteiger charge is 2.15. The quantitative estimate of drug-likeness (QED) is 0.889. The summed E-state index contributed by atoms with van der Waals surface area (Å²) in [6, 6.07) is 4.18. The van der Waals surface area contributed by atoms with Gasteiger partial charge in [-0.1, -0.05) is 19.9 Å². The average Bonchev–Trinajstić information content (AvgIpc) is 2.86. The summed E-state index contributed by atoms with van der Waals surface area (Å²) in [7, 11) is 0. The van der Waals surface area contributed by atoms with Crippen molar-refractivity contribution in [1.29, 1.82) is 0 Å². The average molecular weight is 238 g/mol. The highest BCUT2D eigenvalue weighted by atomic mass is 32.1. The summed E-state index contributed by atoms with van der Waals surface area (Å²) in [6.07, 6.45) is 0. The highest BCUT2D eigenvalue weighted by Crippen LogP contribution is 2.35. The van der Waals surface area contributed by atoms with E-state index in [-0.39, 0.29) is 0 Å². The molecule has 0 atom stereocenters. The van der Waals surface area contributed by atoms with E-state index >= 15 is 0 Å². The van der Waals surface area contributed by atoms with Gasteiger partial charge in [-0.25, -0.2) is 4.98 Å². The largest absolute Gasteiger partial charge is 0.325 e. The van der Waals surface area contributed by atoms with Crippen molar-refractivity contribution in [2.75, 3.05) is 0 Å². The predicted octanol–water partition coefficient (Wildman–Crippen LogP) is 3.45. The standard InChI is InChI=1S/C11H14N2S2/c1-7(2)11-10(8-4-3-5-14-8)13-9(6-12)15-11/h3-5,7H,6,12H2,1-2H3. The Balaban J connectivity index is 2.49. The van der Waals surface area contributed by atoms with E-state index in [2.05, 4.69) is 36.3 Å². The Morgan fingerprint density at radius 2 is 2.27 bits per heavy atom. The Morgan fingerprint density at radius 3 is 2.80 bits per heavy atom. The molecular formula is C11H14N2S2. The van der Waals surface area contributed by atoms with Gasteiger partial charge in [0.05, 0.1) is 10.6 Å². The molecule has 2 rings (SSSR count). The molecule has 2 N–H and O–H groups in total. The molecule has 0 aliphatic rings. The van der Waals surface area contributed by atoms with Crippen LogP contribution in [-0.2, 0) is 6.54 Å². The highest BCUT2D eigenvalue weighted by molar-refractivity contribution is 7.15. The van der Waals surface area contributed by atoms with E-state index in [4.69, 9.17) is 5.73 Å². The van der Waals surface area contributed by atoms with Crippen LogP contribution in [0.5, 0.6) is 0 Å². The lowest BCUT2D eigenvalue weighted by Crippen LogP contribution is -1.94. The summed E-state index contributed by atoms with van der Waals surface area (Å²) in [4.78, 5) is 7.19. The number of hydrogen-bond acceptors (Lipinski definition) is 4. The Hall–Kier alpha value is -0.710. The molecule has 2 nitrogen and oxygen atoms in total. The Kier molecular flexibility index (Phi) is 3.19. The summed E-state index contributed by atoms with van der Waals surface area (Å²) >= 11 is 3.47. The van der Waals surface area contributed by atoms with E-state index in [1.165, 1.54) is 9.75 Å². The minimum absolute atomic E-state index is 0.514. The molecule has 2 aromatic rings. The zero-order chi connectivity index (χ0) is 10.8. The number of hydrogen-bond donors (Lipinski definition) is 1. The van der Waals surface area contributed by atoms with Gasteiger partial charge in [-0.3, -0.25) is 0 Å². The van der Waals surface area contributed by atoms with Gasteiger partial charge in [0.15, 0.2) is 0 Å². The number of aromatic nitrogens is 1. The van der Waals surface area contributed by atoms with E-state index in [1.807, 2.05) is 0 Å². The molecule has 0 fully saturated rings. The van der Waals surface area contributed by atoms with E-state index < -0.39 is 0 Å². The Bertz CT molecular complexity index is 429. The van der Waals surface area contributed by atoms with Gasteiger partial charge < -0.3 is 5.73 Å². The van der Waals surface area contributed by atoms with Crippen LogP contribution in [0, 0.1) is 0 Å². The van der Waals surface area contributed by atoms with Crippen molar-refractivity contribution >= 4 is 22.7 Å². The molecule has 0 spiro atoms. The number of thiazole rings is 1. The van der Waals surface area contributed by atoms with Crippen LogP contribution in [0.25, 0.3) is 10.6 Å². The summed E-state index contributed by atoms with van der Waals surface area (Å²) in [6.45, 7) is 4.94. The first-order chi connectivity index (χ1) is 7.22. The van der Waals surface area contributed by atoms with E-state index in [0.717, 1.165) is 10.7 Å². The summed E-state index contributed by atoms with van der Waals surface area (Å²) in [5.74, 6) is 0.514. The minimum Gasteiger partial charge on any atom is -0.325 e. The van der Waals surface area contributed by atoms with Crippen LogP contribution in [-0.4, -0.2) is 4.98 Å². The molecule has 4 heteroatoms. The summed E-state index contributed by atoms with van der Waals surface area (Å²) < 4.78 is 0. The first kappa shape index (κ1) is 10.8. The SMILES string of the molecule is CC(C)c1sc(CN)nc1-c1cccs1. The fraction of sp³-hybridized carbons (Fsp3) is 0.364. The molecule has 0 saturated carbocycles. The van der Waals surface area contributed by atoms with Gasteiger partial charge in [0, 0.05) is 11.4 Å². The van der Waals surface area contributed by atoms with Crippen molar-refractivity contribution in [2.24, 2.45) is 5.73 Å². The smallest absolute Gasteiger partial charge is 0.107 e. The molecule has 80 valence electrons. The molecule has 2 aromatic heterocycles. The second kappa shape index (κ2) is 4.43. The van der Waals surface area contributed by atoms with Crippen LogP contribution in [0.2, 0.25) is 0 Å². The predicted molar refractivity (Wildman–Crippen MR) is 67.4 cm³/mol. The van der Waals surface area contributed by atoms with Crippen molar-refractivity contribution in [2.45, 2.75) is 26.3 Å². The maximum atomic E-state index is 5.64. The van der Waals surface area contributed by atoms with Crippen LogP contribution < -0.4 is 5.73 Å². The lowest BCUT2D eigenvalue weighted by molar-refractivity contribution is 0.888. The number of nitrogens with two attached hydrogens (primary N) is 1. The van der Waals surface area contributed by atoms with Gasteiger partial charge in [0.1, 0.15) is 5.01 Å². The van der Waals surface area contributed by atoms with E-state index in [1.54, 1.807) is 22.7 Å². The van der Waals surface area contributed by atoms with Crippen LogP contribution in [0.15, 0.2) is 17.5 Å². The zero-order valence-electron chi connectivity index (χ0n) is 8.86. The lowest BCUT2D eigenvalue weighted by atomic mass is 10.1. The third-order valence-corrected chi connectivity index (χ3v) is 4.41. The van der Waals surface area contributed by atoms with Gasteiger partial charge in [0.25, 0.3) is 0 Å². The minimum atomic E-state index is 0.514. The second-order valence-corrected chi connectivity index (χ2v) is 5.72. The van der Waals surface area contributed by atoms with Gasteiger partial charge in [-0.05, 0) is 17.4 Å². The molecule has 0 aromatic carbocycles. The fourth-order valence-corrected chi connectivity index (χ4v) is 3.20. The molecule has 0 radical (unpaired) electrons. The van der Waals surface area contributed by atoms with E-state index in [9.17, 15) is 0 Å². The molecule has 0 saturated heterocycles. The first-order valence-electron chi connectivity index (χ1n) is 4.96. The van der Waals surface area contributed by atoms with Gasteiger partial charge in [0.2, 0.25) is 0 Å². The summed E-state index contributed by atoms with van der Waals surface area (Å²) in [5, 5.41) is 3.11.